The van der Waals surface area contributed by atoms with Gasteiger partial charge in [0.1, 0.15) is 10.6 Å². The van der Waals surface area contributed by atoms with E-state index in [1.807, 2.05) is 59.7 Å². The molecule has 35 heavy (non-hydrogen) atoms. The van der Waals surface area contributed by atoms with E-state index in [1.54, 1.807) is 29.7 Å². The van der Waals surface area contributed by atoms with Crippen LogP contribution in [0.2, 0.25) is 0 Å². The van der Waals surface area contributed by atoms with Crippen LogP contribution in [0.5, 0.6) is 0 Å². The van der Waals surface area contributed by atoms with Crippen LogP contribution in [-0.2, 0) is 6.54 Å². The third-order valence-corrected chi connectivity index (χ3v) is 6.46. The number of aryl methyl sites for hydroxylation is 1. The van der Waals surface area contributed by atoms with Crippen LogP contribution in [0, 0.1) is 12.7 Å². The van der Waals surface area contributed by atoms with Crippen LogP contribution in [0.3, 0.4) is 0 Å². The molecule has 0 radical (unpaired) electrons. The van der Waals surface area contributed by atoms with Crippen molar-refractivity contribution in [2.24, 2.45) is 0 Å². The number of aliphatic hydroxyl groups excluding tert-OH is 1. The first-order chi connectivity index (χ1) is 17.1. The van der Waals surface area contributed by atoms with E-state index in [0.29, 0.717) is 19.0 Å². The number of rotatable bonds is 8. The fraction of sp³-hybridized carbons (Fsp3) is 0.148. The Bertz CT molecular complexity index is 1450. The minimum Gasteiger partial charge on any atom is -0.395 e. The molecule has 5 aromatic rings. The predicted molar refractivity (Wildman–Crippen MR) is 140 cm³/mol. The Hall–Kier alpha value is -3.88. The number of thiophene rings is 1. The minimum atomic E-state index is -0.289. The molecular formula is C27H24FN5OS. The Labute approximate surface area is 206 Å². The number of anilines is 3. The SMILES string of the molecule is Cc1cccc(CNc2ccc(N(CCO)c3ncc4ccsc4n3)cc2-c2ccc(F)cc2)n1. The lowest BCUT2D eigenvalue weighted by Gasteiger charge is -2.24. The van der Waals surface area contributed by atoms with Gasteiger partial charge in [-0.15, -0.1) is 11.3 Å². The van der Waals surface area contributed by atoms with E-state index in [1.165, 1.54) is 12.1 Å². The average molecular weight is 486 g/mol. The van der Waals surface area contributed by atoms with Crippen molar-refractivity contribution in [2.75, 3.05) is 23.4 Å². The highest BCUT2D eigenvalue weighted by molar-refractivity contribution is 7.16. The van der Waals surface area contributed by atoms with Crippen molar-refractivity contribution >= 4 is 38.9 Å². The van der Waals surface area contributed by atoms with Gasteiger partial charge < -0.3 is 15.3 Å². The lowest BCUT2D eigenvalue weighted by atomic mass is 10.0. The molecule has 0 fully saturated rings. The smallest absolute Gasteiger partial charge is 0.231 e. The molecule has 8 heteroatoms. The van der Waals surface area contributed by atoms with Gasteiger partial charge in [0.25, 0.3) is 0 Å². The predicted octanol–water partition coefficient (Wildman–Crippen LogP) is 5.94. The normalized spacial score (nSPS) is 11.1. The molecule has 0 unspecified atom stereocenters. The van der Waals surface area contributed by atoms with E-state index >= 15 is 0 Å². The summed E-state index contributed by atoms with van der Waals surface area (Å²) in [7, 11) is 0. The molecule has 6 nitrogen and oxygen atoms in total. The molecule has 0 bridgehead atoms. The molecule has 0 aliphatic heterocycles. The largest absolute Gasteiger partial charge is 0.395 e. The van der Waals surface area contributed by atoms with Crippen LogP contribution in [-0.4, -0.2) is 33.2 Å². The van der Waals surface area contributed by atoms with E-state index in [-0.39, 0.29) is 12.4 Å². The number of aliphatic hydroxyl groups is 1. The summed E-state index contributed by atoms with van der Waals surface area (Å²) in [5.41, 5.74) is 5.37. The van der Waals surface area contributed by atoms with Crippen LogP contribution in [0.15, 0.2) is 78.3 Å². The van der Waals surface area contributed by atoms with Gasteiger partial charge in [0.15, 0.2) is 0 Å². The molecule has 0 spiro atoms. The first kappa shape index (κ1) is 22.9. The number of nitrogens with one attached hydrogen (secondary N) is 1. The molecule has 0 atom stereocenters. The van der Waals surface area contributed by atoms with E-state index < -0.39 is 0 Å². The fourth-order valence-electron chi connectivity index (χ4n) is 3.93. The zero-order chi connectivity index (χ0) is 24.2. The number of halogens is 1. The number of nitrogens with zero attached hydrogens (tertiary/aromatic N) is 4. The van der Waals surface area contributed by atoms with Gasteiger partial charge >= 0.3 is 0 Å². The molecule has 0 aliphatic carbocycles. The summed E-state index contributed by atoms with van der Waals surface area (Å²) in [6.45, 7) is 2.79. The van der Waals surface area contributed by atoms with Gasteiger partial charge in [-0.1, -0.05) is 18.2 Å². The molecule has 3 heterocycles. The summed E-state index contributed by atoms with van der Waals surface area (Å²) in [5, 5.41) is 16.2. The molecule has 2 aromatic carbocycles. The maximum absolute atomic E-state index is 13.7. The van der Waals surface area contributed by atoms with E-state index in [0.717, 1.165) is 44.1 Å². The van der Waals surface area contributed by atoms with Crippen LogP contribution in [0.25, 0.3) is 21.3 Å². The third kappa shape index (κ3) is 5.13. The third-order valence-electron chi connectivity index (χ3n) is 5.64. The lowest BCUT2D eigenvalue weighted by molar-refractivity contribution is 0.305. The summed E-state index contributed by atoms with van der Waals surface area (Å²) in [4.78, 5) is 16.6. The Morgan fingerprint density at radius 3 is 2.69 bits per heavy atom. The number of fused-ring (bicyclic) bond motifs is 1. The van der Waals surface area contributed by atoms with Crippen molar-refractivity contribution in [3.63, 3.8) is 0 Å². The zero-order valence-corrected chi connectivity index (χ0v) is 20.0. The monoisotopic (exact) mass is 485 g/mol. The Morgan fingerprint density at radius 2 is 1.89 bits per heavy atom. The van der Waals surface area contributed by atoms with Crippen molar-refractivity contribution in [1.82, 2.24) is 15.0 Å². The standard InChI is InChI=1S/C27H24FN5OS/c1-18-3-2-4-22(31-18)17-29-25-10-9-23(15-24(25)19-5-7-21(28)8-6-19)33(12-13-34)27-30-16-20-11-14-35-26(20)32-27/h2-11,14-16,29,34H,12-13,17H2,1H3. The number of pyridine rings is 1. The Morgan fingerprint density at radius 1 is 1.03 bits per heavy atom. The lowest BCUT2D eigenvalue weighted by Crippen LogP contribution is -2.23. The molecule has 0 saturated carbocycles. The molecule has 0 amide bonds. The molecular weight excluding hydrogens is 461 g/mol. The van der Waals surface area contributed by atoms with Crippen molar-refractivity contribution < 1.29 is 9.50 Å². The number of hydrogen-bond donors (Lipinski definition) is 2. The number of aromatic nitrogens is 3. The molecule has 2 N–H and O–H groups in total. The molecule has 0 saturated heterocycles. The maximum atomic E-state index is 13.7. The summed E-state index contributed by atoms with van der Waals surface area (Å²) in [5.74, 6) is 0.228. The quantitative estimate of drug-likeness (QED) is 0.283. The summed E-state index contributed by atoms with van der Waals surface area (Å²) < 4.78 is 13.7. The molecule has 3 aromatic heterocycles. The van der Waals surface area contributed by atoms with Crippen molar-refractivity contribution in [2.45, 2.75) is 13.5 Å². The topological polar surface area (TPSA) is 74.2 Å². The van der Waals surface area contributed by atoms with Gasteiger partial charge in [-0.05, 0) is 66.4 Å². The Balaban J connectivity index is 1.54. The van der Waals surface area contributed by atoms with Crippen molar-refractivity contribution in [3.05, 3.63) is 95.5 Å². The van der Waals surface area contributed by atoms with E-state index in [9.17, 15) is 9.50 Å². The fourth-order valence-corrected chi connectivity index (χ4v) is 4.66. The second-order valence-electron chi connectivity index (χ2n) is 8.09. The van der Waals surface area contributed by atoms with Crippen molar-refractivity contribution in [3.8, 4) is 11.1 Å². The molecule has 5 rings (SSSR count). The average Bonchev–Trinajstić information content (AvgIpc) is 3.35. The Kier molecular flexibility index (Phi) is 6.65. The van der Waals surface area contributed by atoms with Crippen LogP contribution < -0.4 is 10.2 Å². The highest BCUT2D eigenvalue weighted by Crippen LogP contribution is 2.35. The maximum Gasteiger partial charge on any atom is 0.231 e. The van der Waals surface area contributed by atoms with Crippen LogP contribution in [0.1, 0.15) is 11.4 Å². The summed E-state index contributed by atoms with van der Waals surface area (Å²) in [6.07, 6.45) is 1.80. The van der Waals surface area contributed by atoms with Gasteiger partial charge in [0.2, 0.25) is 5.95 Å². The summed E-state index contributed by atoms with van der Waals surface area (Å²) in [6, 6.07) is 20.3. The van der Waals surface area contributed by atoms with E-state index in [2.05, 4.69) is 15.3 Å². The van der Waals surface area contributed by atoms with E-state index in [4.69, 9.17) is 4.98 Å². The van der Waals surface area contributed by atoms with Gasteiger partial charge in [0, 0.05) is 40.8 Å². The van der Waals surface area contributed by atoms with Crippen LogP contribution in [0.4, 0.5) is 21.7 Å². The van der Waals surface area contributed by atoms with Gasteiger partial charge in [-0.2, -0.15) is 0 Å². The van der Waals surface area contributed by atoms with Crippen molar-refractivity contribution in [1.29, 1.82) is 0 Å². The first-order valence-corrected chi connectivity index (χ1v) is 12.1. The highest BCUT2D eigenvalue weighted by atomic mass is 32.1. The summed E-state index contributed by atoms with van der Waals surface area (Å²) >= 11 is 1.55. The first-order valence-electron chi connectivity index (χ1n) is 11.3. The molecule has 176 valence electrons. The highest BCUT2D eigenvalue weighted by Gasteiger charge is 2.16. The second kappa shape index (κ2) is 10.2. The van der Waals surface area contributed by atoms with Gasteiger partial charge in [0.05, 0.1) is 18.8 Å². The van der Waals surface area contributed by atoms with Crippen LogP contribution >= 0.6 is 11.3 Å². The number of benzene rings is 2. The zero-order valence-electron chi connectivity index (χ0n) is 19.1. The molecule has 0 aliphatic rings. The second-order valence-corrected chi connectivity index (χ2v) is 8.98. The minimum absolute atomic E-state index is 0.0588. The van der Waals surface area contributed by atoms with Gasteiger partial charge in [-0.3, -0.25) is 4.98 Å². The van der Waals surface area contributed by atoms with Gasteiger partial charge in [-0.25, -0.2) is 14.4 Å². The number of hydrogen-bond acceptors (Lipinski definition) is 7.